The molecule has 5 heteroatoms. The summed E-state index contributed by atoms with van der Waals surface area (Å²) in [6.45, 7) is 2.55. The van der Waals surface area contributed by atoms with E-state index in [1.165, 1.54) is 11.1 Å². The monoisotopic (exact) mass is 319 g/mol. The second kappa shape index (κ2) is 8.67. The van der Waals surface area contributed by atoms with Crippen molar-refractivity contribution in [2.75, 3.05) is 26.9 Å². The quantitative estimate of drug-likeness (QED) is 0.572. The van der Waals surface area contributed by atoms with Crippen LogP contribution in [0.25, 0.3) is 0 Å². The van der Waals surface area contributed by atoms with Crippen LogP contribution >= 0.6 is 0 Å². The Kier molecular flexibility index (Phi) is 6.59. The first-order valence-electron chi connectivity index (χ1n) is 8.20. The van der Waals surface area contributed by atoms with Gasteiger partial charge in [0.1, 0.15) is 0 Å². The standard InChI is InChI=1S/C18H25NO4/c1-3-22-12-11-18(21)23-13-17(20)19(2)16-10-6-8-14-7-4-5-9-15(14)16/h4-5,7,9,16H,3,6,8,10-13H2,1-2H3/t16-/m1/s1. The van der Waals surface area contributed by atoms with Gasteiger partial charge in [0.2, 0.25) is 0 Å². The molecule has 1 aliphatic rings. The van der Waals surface area contributed by atoms with Crippen LogP contribution in [0.2, 0.25) is 0 Å². The summed E-state index contributed by atoms with van der Waals surface area (Å²) in [4.78, 5) is 25.6. The smallest absolute Gasteiger partial charge is 0.308 e. The van der Waals surface area contributed by atoms with Crippen LogP contribution < -0.4 is 0 Å². The number of nitrogens with zero attached hydrogens (tertiary/aromatic N) is 1. The van der Waals surface area contributed by atoms with E-state index in [1.807, 2.05) is 19.1 Å². The van der Waals surface area contributed by atoms with E-state index in [1.54, 1.807) is 11.9 Å². The Balaban J connectivity index is 1.87. The Bertz CT molecular complexity index is 544. The fraction of sp³-hybridized carbons (Fsp3) is 0.556. The number of rotatable bonds is 7. The number of ether oxygens (including phenoxy) is 2. The number of amides is 1. The van der Waals surface area contributed by atoms with Crippen LogP contribution in [-0.4, -0.2) is 43.6 Å². The zero-order chi connectivity index (χ0) is 16.7. The highest BCUT2D eigenvalue weighted by molar-refractivity contribution is 5.81. The Morgan fingerprint density at radius 1 is 1.30 bits per heavy atom. The van der Waals surface area contributed by atoms with Gasteiger partial charge in [-0.25, -0.2) is 0 Å². The molecule has 0 fully saturated rings. The number of carbonyl (C=O) groups excluding carboxylic acids is 2. The molecule has 2 rings (SSSR count). The highest BCUT2D eigenvalue weighted by Gasteiger charge is 2.26. The molecular formula is C18H25NO4. The summed E-state index contributed by atoms with van der Waals surface area (Å²) in [5.41, 5.74) is 2.51. The number of fused-ring (bicyclic) bond motifs is 1. The van der Waals surface area contributed by atoms with Gasteiger partial charge in [0.25, 0.3) is 5.91 Å². The highest BCUT2D eigenvalue weighted by atomic mass is 16.5. The zero-order valence-electron chi connectivity index (χ0n) is 13.9. The van der Waals surface area contributed by atoms with Crippen molar-refractivity contribution in [2.24, 2.45) is 0 Å². The fourth-order valence-electron chi connectivity index (χ4n) is 2.92. The molecule has 0 aliphatic heterocycles. The second-order valence-electron chi connectivity index (χ2n) is 5.72. The van der Waals surface area contributed by atoms with Gasteiger partial charge in [0, 0.05) is 13.7 Å². The van der Waals surface area contributed by atoms with Crippen molar-refractivity contribution < 1.29 is 19.1 Å². The van der Waals surface area contributed by atoms with Crippen LogP contribution in [-0.2, 0) is 25.5 Å². The van der Waals surface area contributed by atoms with Crippen molar-refractivity contribution in [1.29, 1.82) is 0 Å². The lowest BCUT2D eigenvalue weighted by molar-refractivity contribution is -0.153. The van der Waals surface area contributed by atoms with Gasteiger partial charge in [-0.2, -0.15) is 0 Å². The third kappa shape index (κ3) is 4.79. The Hall–Kier alpha value is -1.88. The van der Waals surface area contributed by atoms with Gasteiger partial charge in [-0.1, -0.05) is 24.3 Å². The lowest BCUT2D eigenvalue weighted by atomic mass is 9.87. The summed E-state index contributed by atoms with van der Waals surface area (Å²) >= 11 is 0. The van der Waals surface area contributed by atoms with Gasteiger partial charge in [-0.3, -0.25) is 9.59 Å². The molecule has 0 saturated carbocycles. The van der Waals surface area contributed by atoms with E-state index in [2.05, 4.69) is 12.1 Å². The molecule has 0 unspecified atom stereocenters. The topological polar surface area (TPSA) is 55.8 Å². The average Bonchev–Trinajstić information content (AvgIpc) is 2.58. The first-order valence-corrected chi connectivity index (χ1v) is 8.20. The lowest BCUT2D eigenvalue weighted by Gasteiger charge is -2.33. The molecule has 1 aliphatic carbocycles. The van der Waals surface area contributed by atoms with Crippen LogP contribution in [0, 0.1) is 0 Å². The van der Waals surface area contributed by atoms with E-state index < -0.39 is 5.97 Å². The zero-order valence-corrected chi connectivity index (χ0v) is 13.9. The Morgan fingerprint density at radius 3 is 2.87 bits per heavy atom. The number of benzene rings is 1. The second-order valence-corrected chi connectivity index (χ2v) is 5.72. The van der Waals surface area contributed by atoms with Crippen molar-refractivity contribution >= 4 is 11.9 Å². The van der Waals surface area contributed by atoms with Crippen molar-refractivity contribution in [3.05, 3.63) is 35.4 Å². The molecule has 23 heavy (non-hydrogen) atoms. The predicted octanol–water partition coefficient (Wildman–Crippen LogP) is 2.49. The van der Waals surface area contributed by atoms with Gasteiger partial charge in [0.05, 0.1) is 19.1 Å². The minimum Gasteiger partial charge on any atom is -0.455 e. The predicted molar refractivity (Wildman–Crippen MR) is 87.0 cm³/mol. The van der Waals surface area contributed by atoms with Crippen LogP contribution in [0.5, 0.6) is 0 Å². The minimum atomic E-state index is -0.399. The third-order valence-electron chi connectivity index (χ3n) is 4.21. The SMILES string of the molecule is CCOCCC(=O)OCC(=O)N(C)[C@@H]1CCCc2ccccc21. The molecule has 126 valence electrons. The van der Waals surface area contributed by atoms with Crippen LogP contribution in [0.15, 0.2) is 24.3 Å². The van der Waals surface area contributed by atoms with E-state index in [0.29, 0.717) is 13.2 Å². The van der Waals surface area contributed by atoms with E-state index in [9.17, 15) is 9.59 Å². The van der Waals surface area contributed by atoms with Gasteiger partial charge in [-0.05, 0) is 37.3 Å². The number of hydrogen-bond acceptors (Lipinski definition) is 4. The van der Waals surface area contributed by atoms with Crippen molar-refractivity contribution in [1.82, 2.24) is 4.90 Å². The number of hydrogen-bond donors (Lipinski definition) is 0. The first kappa shape index (κ1) is 17.5. The summed E-state index contributed by atoms with van der Waals surface area (Å²) in [7, 11) is 1.78. The first-order chi connectivity index (χ1) is 11.1. The molecule has 0 spiro atoms. The maximum Gasteiger partial charge on any atom is 0.308 e. The average molecular weight is 319 g/mol. The van der Waals surface area contributed by atoms with Crippen molar-refractivity contribution in [2.45, 2.75) is 38.6 Å². The van der Waals surface area contributed by atoms with E-state index in [4.69, 9.17) is 9.47 Å². The van der Waals surface area contributed by atoms with E-state index in [0.717, 1.165) is 19.3 Å². The van der Waals surface area contributed by atoms with Crippen LogP contribution in [0.3, 0.4) is 0 Å². The number of carbonyl (C=O) groups is 2. The maximum atomic E-state index is 12.3. The summed E-state index contributed by atoms with van der Waals surface area (Å²) in [6.07, 6.45) is 3.24. The van der Waals surface area contributed by atoms with Crippen LogP contribution in [0.4, 0.5) is 0 Å². The Morgan fingerprint density at radius 2 is 2.09 bits per heavy atom. The third-order valence-corrected chi connectivity index (χ3v) is 4.21. The van der Waals surface area contributed by atoms with Crippen molar-refractivity contribution in [3.63, 3.8) is 0 Å². The van der Waals surface area contributed by atoms with E-state index in [-0.39, 0.29) is 25.0 Å². The van der Waals surface area contributed by atoms with Crippen LogP contribution in [0.1, 0.15) is 43.4 Å². The molecule has 0 heterocycles. The largest absolute Gasteiger partial charge is 0.455 e. The number of likely N-dealkylation sites (N-methyl/N-ethyl adjacent to an activating group) is 1. The maximum absolute atomic E-state index is 12.3. The summed E-state index contributed by atoms with van der Waals surface area (Å²) < 4.78 is 10.1. The minimum absolute atomic E-state index is 0.0644. The Labute approximate surface area is 137 Å². The van der Waals surface area contributed by atoms with Gasteiger partial charge in [-0.15, -0.1) is 0 Å². The summed E-state index contributed by atoms with van der Waals surface area (Å²) in [6, 6.07) is 8.30. The molecule has 0 aromatic heterocycles. The summed E-state index contributed by atoms with van der Waals surface area (Å²) in [5.74, 6) is -0.569. The molecular weight excluding hydrogens is 294 g/mol. The van der Waals surface area contributed by atoms with Crippen molar-refractivity contribution in [3.8, 4) is 0 Å². The van der Waals surface area contributed by atoms with E-state index >= 15 is 0 Å². The highest BCUT2D eigenvalue weighted by Crippen LogP contribution is 2.33. The molecule has 1 amide bonds. The number of esters is 1. The van der Waals surface area contributed by atoms with Gasteiger partial charge >= 0.3 is 5.97 Å². The van der Waals surface area contributed by atoms with Gasteiger partial charge < -0.3 is 14.4 Å². The molecule has 0 radical (unpaired) electrons. The van der Waals surface area contributed by atoms with Gasteiger partial charge in [0.15, 0.2) is 6.61 Å². The fourth-order valence-corrected chi connectivity index (χ4v) is 2.92. The normalized spacial score (nSPS) is 16.5. The molecule has 0 N–H and O–H groups in total. The molecule has 1 atom stereocenters. The molecule has 5 nitrogen and oxygen atoms in total. The molecule has 0 bridgehead atoms. The molecule has 1 aromatic carbocycles. The molecule has 0 saturated heterocycles. The lowest BCUT2D eigenvalue weighted by Crippen LogP contribution is -2.36. The number of aryl methyl sites for hydroxylation is 1. The molecule has 1 aromatic rings. The summed E-state index contributed by atoms with van der Waals surface area (Å²) in [5, 5.41) is 0.